The Morgan fingerprint density at radius 2 is 1.21 bits per heavy atom. The Labute approximate surface area is 364 Å². The molecule has 1 amide bonds. The second kappa shape index (κ2) is 20.8. The summed E-state index contributed by atoms with van der Waals surface area (Å²) in [6, 6.07) is 23.0. The van der Waals surface area contributed by atoms with E-state index in [0.29, 0.717) is 49.6 Å². The number of hydrogen-bond acceptors (Lipinski definition) is 7. The van der Waals surface area contributed by atoms with Gasteiger partial charge in [0.05, 0.1) is 43.4 Å². The first-order valence-electron chi connectivity index (χ1n) is 20.9. The van der Waals surface area contributed by atoms with E-state index in [0.717, 1.165) is 94.9 Å². The lowest BCUT2D eigenvalue weighted by Crippen LogP contribution is -2.53. The highest BCUT2D eigenvalue weighted by atomic mass is 35.5. The summed E-state index contributed by atoms with van der Waals surface area (Å²) in [6.07, 6.45) is 10.9. The van der Waals surface area contributed by atoms with Gasteiger partial charge in [-0.15, -0.1) is 0 Å². The molecule has 12 heteroatoms. The predicted molar refractivity (Wildman–Crippen MR) is 238 cm³/mol. The van der Waals surface area contributed by atoms with Gasteiger partial charge in [-0.3, -0.25) is 19.6 Å². The van der Waals surface area contributed by atoms with E-state index in [-0.39, 0.29) is 12.0 Å². The molecule has 0 bridgehead atoms. The van der Waals surface area contributed by atoms with Crippen LogP contribution in [0, 0.1) is 11.8 Å². The lowest BCUT2D eigenvalue weighted by atomic mass is 9.86. The molecule has 1 N–H and O–H groups in total. The summed E-state index contributed by atoms with van der Waals surface area (Å²) in [4.78, 5) is 24.8. The molecule has 8 nitrogen and oxygen atoms in total. The monoisotopic (exact) mass is 867 g/mol. The number of fused-ring (bicyclic) bond motifs is 1. The fourth-order valence-electron chi connectivity index (χ4n) is 9.56. The molecule has 5 heterocycles. The number of methoxy groups -OCH3 is 2. The number of carbonyl (C=O) groups is 1. The minimum absolute atomic E-state index is 0.0804. The van der Waals surface area contributed by atoms with Crippen LogP contribution in [0.3, 0.4) is 0 Å². The zero-order valence-electron chi connectivity index (χ0n) is 33.7. The second-order valence-corrected chi connectivity index (χ2v) is 18.1. The number of piperidine rings is 4. The minimum atomic E-state index is 0.0804. The van der Waals surface area contributed by atoms with Crippen LogP contribution in [0.1, 0.15) is 60.0 Å². The molecule has 8 rings (SSSR count). The maximum atomic E-state index is 13.1. The smallest absolute Gasteiger partial charge is 0.255 e. The van der Waals surface area contributed by atoms with Crippen molar-refractivity contribution in [2.24, 2.45) is 11.8 Å². The number of likely N-dealkylation sites (tertiary alicyclic amines) is 3. The fourth-order valence-corrected chi connectivity index (χ4v) is 10.2. The summed E-state index contributed by atoms with van der Waals surface area (Å²) in [5, 5.41) is 6.92. The van der Waals surface area contributed by atoms with Gasteiger partial charge in [-0.1, -0.05) is 76.7 Å². The summed E-state index contributed by atoms with van der Waals surface area (Å²) in [7, 11) is 3.66. The molecule has 3 aromatic carbocycles. The zero-order valence-corrected chi connectivity index (χ0v) is 36.8. The number of para-hydroxylation sites is 1. The van der Waals surface area contributed by atoms with E-state index in [1.807, 2.05) is 73.7 Å². The maximum absolute atomic E-state index is 13.1. The van der Waals surface area contributed by atoms with Crippen molar-refractivity contribution in [3.63, 3.8) is 0 Å². The molecule has 4 aromatic rings. The van der Waals surface area contributed by atoms with Crippen molar-refractivity contribution in [2.75, 3.05) is 66.6 Å². The number of nitrogens with one attached hydrogen (secondary N) is 1. The number of benzene rings is 3. The number of rotatable bonds is 9. The van der Waals surface area contributed by atoms with Crippen LogP contribution in [-0.4, -0.2) is 116 Å². The minimum Gasteiger partial charge on any atom is -0.380 e. The summed E-state index contributed by atoms with van der Waals surface area (Å²) in [5.74, 6) is 1.09. The van der Waals surface area contributed by atoms with Crippen LogP contribution in [0.5, 0.6) is 0 Å². The first kappa shape index (κ1) is 43.6. The Morgan fingerprint density at radius 3 is 1.74 bits per heavy atom. The molecule has 4 saturated heterocycles. The molecule has 4 aliphatic rings. The first-order chi connectivity index (χ1) is 28.2. The van der Waals surface area contributed by atoms with Crippen molar-refractivity contribution in [1.29, 1.82) is 0 Å². The highest BCUT2D eigenvalue weighted by Gasteiger charge is 2.36. The molecule has 0 spiro atoms. The molecule has 0 radical (unpaired) electrons. The molecule has 58 heavy (non-hydrogen) atoms. The third kappa shape index (κ3) is 11.1. The molecule has 0 saturated carbocycles. The Hall–Kier alpha value is -2.50. The number of pyridine rings is 1. The van der Waals surface area contributed by atoms with Gasteiger partial charge in [0.1, 0.15) is 0 Å². The lowest BCUT2D eigenvalue weighted by molar-refractivity contribution is -0.0325. The van der Waals surface area contributed by atoms with E-state index < -0.39 is 0 Å². The molecule has 312 valence electrons. The topological polar surface area (TPSA) is 70.2 Å². The highest BCUT2D eigenvalue weighted by Crippen LogP contribution is 2.32. The fraction of sp³-hybridized carbons (Fsp3) is 0.522. The summed E-state index contributed by atoms with van der Waals surface area (Å²) in [6.45, 7) is 8.05. The number of hydrogen-bond donors (Lipinski definition) is 1. The quantitative estimate of drug-likeness (QED) is 0.180. The average Bonchev–Trinajstić information content (AvgIpc) is 3.26. The summed E-state index contributed by atoms with van der Waals surface area (Å²) < 4.78 is 11.8. The molecule has 4 aliphatic heterocycles. The Bertz CT molecular complexity index is 1970. The van der Waals surface area contributed by atoms with Crippen molar-refractivity contribution >= 4 is 63.2 Å². The SMILES string of the molecule is CO[C@@H]1CN(C2CCN(C(=O)c3cnc4ccccc4c3)CC2)CCC1Cc1ccc(Cl)c(Cl)c1.CO[C@@H]1CN(C2CCNCC2)CCC1Cc1ccc(Cl)c(Cl)c1. The number of carbonyl (C=O) groups excluding carboxylic acids is 1. The summed E-state index contributed by atoms with van der Waals surface area (Å²) >= 11 is 24.5. The van der Waals surface area contributed by atoms with Crippen LogP contribution in [0.25, 0.3) is 10.9 Å². The van der Waals surface area contributed by atoms with Crippen LogP contribution in [0.2, 0.25) is 20.1 Å². The molecule has 0 aliphatic carbocycles. The van der Waals surface area contributed by atoms with E-state index in [1.165, 1.54) is 36.9 Å². The second-order valence-electron chi connectivity index (χ2n) is 16.5. The van der Waals surface area contributed by atoms with E-state index in [2.05, 4.69) is 32.2 Å². The molecule has 4 atom stereocenters. The lowest BCUT2D eigenvalue weighted by Gasteiger charge is -2.44. The van der Waals surface area contributed by atoms with Crippen molar-refractivity contribution in [3.8, 4) is 0 Å². The molecular weight excluding hydrogens is 812 g/mol. The summed E-state index contributed by atoms with van der Waals surface area (Å²) in [5.41, 5.74) is 4.04. The van der Waals surface area contributed by atoms with E-state index in [9.17, 15) is 4.79 Å². The number of aromatic nitrogens is 1. The van der Waals surface area contributed by atoms with Crippen LogP contribution < -0.4 is 5.32 Å². The third-order valence-electron chi connectivity index (χ3n) is 13.0. The van der Waals surface area contributed by atoms with Crippen LogP contribution in [0.4, 0.5) is 0 Å². The van der Waals surface area contributed by atoms with Crippen LogP contribution in [0.15, 0.2) is 72.9 Å². The van der Waals surface area contributed by atoms with Gasteiger partial charge in [0.15, 0.2) is 0 Å². The Morgan fingerprint density at radius 1 is 0.672 bits per heavy atom. The number of halogens is 4. The van der Waals surface area contributed by atoms with Gasteiger partial charge in [0.25, 0.3) is 5.91 Å². The van der Waals surface area contributed by atoms with Gasteiger partial charge >= 0.3 is 0 Å². The first-order valence-corrected chi connectivity index (χ1v) is 22.5. The third-order valence-corrected chi connectivity index (χ3v) is 14.4. The van der Waals surface area contributed by atoms with Crippen molar-refractivity contribution < 1.29 is 14.3 Å². The standard InChI is InChI=1S/C28H31Cl2N3O2.C18H26Cl2N2O/c1-35-27-18-33(11-8-21(27)14-19-6-7-24(29)25(30)15-19)23-9-12-32(13-10-23)28(34)22-16-20-4-2-3-5-26(20)31-17-22;1-23-18-12-22(15-4-7-21-8-5-15)9-6-14(18)10-13-2-3-16(19)17(20)11-13/h2-7,15-17,21,23,27H,8-14,18H2,1H3;2-3,11,14-15,18,21H,4-10,12H2,1H3/t21?,27-;14?,18-/m11/s1. The predicted octanol–water partition coefficient (Wildman–Crippen LogP) is 9.35. The van der Waals surface area contributed by atoms with Crippen LogP contribution >= 0.6 is 46.4 Å². The van der Waals surface area contributed by atoms with Crippen molar-refractivity contribution in [3.05, 3.63) is 110 Å². The van der Waals surface area contributed by atoms with Crippen molar-refractivity contribution in [1.82, 2.24) is 25.0 Å². The highest BCUT2D eigenvalue weighted by molar-refractivity contribution is 6.42. The van der Waals surface area contributed by atoms with Gasteiger partial charge in [-0.25, -0.2) is 0 Å². The maximum Gasteiger partial charge on any atom is 0.255 e. The van der Waals surface area contributed by atoms with Gasteiger partial charge in [-0.2, -0.15) is 0 Å². The molecule has 1 aromatic heterocycles. The largest absolute Gasteiger partial charge is 0.380 e. The molecular formula is C46H57Cl4N5O3. The zero-order chi connectivity index (χ0) is 40.6. The number of amides is 1. The number of nitrogens with zero attached hydrogens (tertiary/aromatic N) is 4. The number of ether oxygens (including phenoxy) is 2. The van der Waals surface area contributed by atoms with Gasteiger partial charge in [0, 0.05) is 64.1 Å². The van der Waals surface area contributed by atoms with Gasteiger partial charge in [-0.05, 0) is 137 Å². The van der Waals surface area contributed by atoms with E-state index in [4.69, 9.17) is 55.9 Å². The van der Waals surface area contributed by atoms with E-state index >= 15 is 0 Å². The Balaban J connectivity index is 0.000000193. The van der Waals surface area contributed by atoms with E-state index in [1.54, 1.807) is 6.20 Å². The van der Waals surface area contributed by atoms with Crippen molar-refractivity contribution in [2.45, 2.75) is 75.7 Å². The Kier molecular flexibility index (Phi) is 15.7. The molecule has 2 unspecified atom stereocenters. The van der Waals surface area contributed by atoms with Gasteiger partial charge < -0.3 is 19.7 Å². The molecule has 4 fully saturated rings. The van der Waals surface area contributed by atoms with Gasteiger partial charge in [0.2, 0.25) is 0 Å². The van der Waals surface area contributed by atoms with Crippen LogP contribution in [-0.2, 0) is 22.3 Å². The normalized spacial score (nSPS) is 24.1. The average molecular weight is 870 g/mol.